The first-order valence-electron chi connectivity index (χ1n) is 8.84. The number of H-pyrrole nitrogens is 1. The minimum atomic E-state index is -0.283. The summed E-state index contributed by atoms with van der Waals surface area (Å²) in [7, 11) is 0. The summed E-state index contributed by atoms with van der Waals surface area (Å²) in [5, 5.41) is 5.63. The van der Waals surface area contributed by atoms with E-state index in [2.05, 4.69) is 20.1 Å². The normalized spacial score (nSPS) is 11.5. The van der Waals surface area contributed by atoms with Crippen LogP contribution in [0, 0.1) is 6.92 Å². The molecule has 0 saturated carbocycles. The Bertz CT molecular complexity index is 1530. The molecule has 30 heavy (non-hydrogen) atoms. The van der Waals surface area contributed by atoms with Crippen molar-refractivity contribution in [3.8, 4) is 11.4 Å². The highest BCUT2D eigenvalue weighted by Gasteiger charge is 2.14. The van der Waals surface area contributed by atoms with E-state index in [0.717, 1.165) is 5.69 Å². The van der Waals surface area contributed by atoms with Crippen molar-refractivity contribution in [1.29, 1.82) is 0 Å². The van der Waals surface area contributed by atoms with Crippen molar-refractivity contribution in [2.75, 3.05) is 0 Å². The van der Waals surface area contributed by atoms with Crippen LogP contribution in [0.5, 0.6) is 0 Å². The summed E-state index contributed by atoms with van der Waals surface area (Å²) >= 11 is 9.07. The number of halogens is 1. The largest absolute Gasteiger partial charge is 0.269 e. The summed E-state index contributed by atoms with van der Waals surface area (Å²) in [6, 6.07) is 10.2. The lowest BCUT2D eigenvalue weighted by atomic mass is 10.2. The maximum absolute atomic E-state index is 12.4. The van der Waals surface area contributed by atoms with Gasteiger partial charge in [0.05, 0.1) is 10.7 Å². The molecule has 0 amide bonds. The predicted octanol–water partition coefficient (Wildman–Crippen LogP) is 3.41. The molecule has 11 heteroatoms. The minimum absolute atomic E-state index is 0.117. The van der Waals surface area contributed by atoms with E-state index >= 15 is 0 Å². The van der Waals surface area contributed by atoms with Crippen LogP contribution in [0.15, 0.2) is 56.5 Å². The lowest BCUT2D eigenvalue weighted by molar-refractivity contribution is 0.766. The zero-order chi connectivity index (χ0) is 20.8. The van der Waals surface area contributed by atoms with Crippen LogP contribution in [-0.2, 0) is 5.75 Å². The summed E-state index contributed by atoms with van der Waals surface area (Å²) < 4.78 is 3.11. The second kappa shape index (κ2) is 7.38. The van der Waals surface area contributed by atoms with Gasteiger partial charge in [-0.05, 0) is 19.1 Å². The van der Waals surface area contributed by atoms with Crippen LogP contribution < -0.4 is 11.1 Å². The van der Waals surface area contributed by atoms with E-state index in [9.17, 15) is 9.59 Å². The average Bonchev–Trinajstić information content (AvgIpc) is 3.28. The molecule has 4 aromatic heterocycles. The molecule has 8 nitrogen and oxygen atoms in total. The van der Waals surface area contributed by atoms with Gasteiger partial charge in [0.15, 0.2) is 21.6 Å². The van der Waals surface area contributed by atoms with Crippen LogP contribution in [0.2, 0.25) is 5.02 Å². The van der Waals surface area contributed by atoms with E-state index in [1.807, 2.05) is 30.5 Å². The third-order valence-corrected chi connectivity index (χ3v) is 6.66. The molecule has 0 saturated heterocycles. The van der Waals surface area contributed by atoms with Crippen LogP contribution in [0.3, 0.4) is 0 Å². The number of hydrogen-bond acceptors (Lipinski definition) is 7. The average molecular weight is 457 g/mol. The molecule has 0 bridgehead atoms. The summed E-state index contributed by atoms with van der Waals surface area (Å²) in [5.74, 6) is 0.816. The molecule has 0 fully saturated rings. The van der Waals surface area contributed by atoms with Gasteiger partial charge in [0.25, 0.3) is 11.1 Å². The van der Waals surface area contributed by atoms with Crippen LogP contribution in [0.1, 0.15) is 11.4 Å². The maximum Gasteiger partial charge on any atom is 0.266 e. The van der Waals surface area contributed by atoms with Crippen molar-refractivity contribution in [3.63, 3.8) is 0 Å². The van der Waals surface area contributed by atoms with Crippen LogP contribution in [-0.4, -0.2) is 29.0 Å². The molecule has 5 rings (SSSR count). The number of rotatable bonds is 4. The number of aromatic amines is 1. The summed E-state index contributed by atoms with van der Waals surface area (Å²) in [4.78, 5) is 38.6. The molecule has 0 aliphatic heterocycles. The second-order valence-corrected chi connectivity index (χ2v) is 8.68. The molecule has 0 aliphatic carbocycles. The number of nitrogens with zero attached hydrogens (tertiary/aromatic N) is 5. The Kier molecular flexibility index (Phi) is 4.69. The molecule has 0 atom stereocenters. The Hall–Kier alpha value is -2.95. The first kappa shape index (κ1) is 19.0. The van der Waals surface area contributed by atoms with Gasteiger partial charge in [-0.3, -0.25) is 19.1 Å². The quantitative estimate of drug-likeness (QED) is 0.416. The van der Waals surface area contributed by atoms with Gasteiger partial charge in [0, 0.05) is 34.5 Å². The Balaban J connectivity index is 1.56. The van der Waals surface area contributed by atoms with Crippen molar-refractivity contribution in [2.24, 2.45) is 0 Å². The third-order valence-electron chi connectivity index (χ3n) is 4.42. The van der Waals surface area contributed by atoms with E-state index < -0.39 is 0 Å². The maximum atomic E-state index is 12.4. The molecule has 5 aromatic rings. The number of aromatic nitrogens is 6. The lowest BCUT2D eigenvalue weighted by Crippen LogP contribution is -2.14. The second-order valence-electron chi connectivity index (χ2n) is 6.49. The smallest absolute Gasteiger partial charge is 0.266 e. The van der Waals surface area contributed by atoms with Crippen molar-refractivity contribution < 1.29 is 0 Å². The molecule has 1 N–H and O–H groups in total. The Morgan fingerprint density at radius 1 is 1.17 bits per heavy atom. The molecule has 1 aromatic carbocycles. The zero-order valence-corrected chi connectivity index (χ0v) is 17.9. The standard InChI is InChI=1S/C19H13ClN6O2S2/c1-10-8-29-18-21-11(6-16(28)25(10)18)9-30-19-23-17(12-4-2-3-5-13(12)20)22-14-7-15(27)24-26(14)19/h2-8H,9H2,1H3,(H,24,27). The van der Waals surface area contributed by atoms with E-state index in [1.165, 1.54) is 39.7 Å². The highest BCUT2D eigenvalue weighted by atomic mass is 35.5. The lowest BCUT2D eigenvalue weighted by Gasteiger charge is -2.08. The Labute approximate surface area is 182 Å². The van der Waals surface area contributed by atoms with Crippen LogP contribution >= 0.6 is 34.7 Å². The minimum Gasteiger partial charge on any atom is -0.269 e. The fraction of sp³-hybridized carbons (Fsp3) is 0.105. The molecule has 150 valence electrons. The molecule has 0 aliphatic rings. The van der Waals surface area contributed by atoms with Crippen molar-refractivity contribution in [3.05, 3.63) is 78.9 Å². The number of aryl methyl sites for hydroxylation is 1. The van der Waals surface area contributed by atoms with Crippen molar-refractivity contribution in [1.82, 2.24) is 29.0 Å². The molecule has 0 radical (unpaired) electrons. The summed E-state index contributed by atoms with van der Waals surface area (Å²) in [6.45, 7) is 1.87. The topological polar surface area (TPSA) is 97.4 Å². The first-order valence-corrected chi connectivity index (χ1v) is 11.1. The molecular formula is C19H13ClN6O2S2. The van der Waals surface area contributed by atoms with Gasteiger partial charge >= 0.3 is 0 Å². The fourth-order valence-electron chi connectivity index (χ4n) is 3.06. The van der Waals surface area contributed by atoms with Gasteiger partial charge in [-0.1, -0.05) is 35.5 Å². The third kappa shape index (κ3) is 3.32. The van der Waals surface area contributed by atoms with Gasteiger partial charge in [-0.2, -0.15) is 0 Å². The SMILES string of the molecule is Cc1csc2nc(CSc3nc(-c4ccccc4Cl)nc4cc(=O)[nH]n34)cc(=O)n12. The summed E-state index contributed by atoms with van der Waals surface area (Å²) in [5.41, 5.74) is 2.20. The number of thioether (sulfide) groups is 1. The molecular weight excluding hydrogens is 444 g/mol. The van der Waals surface area contributed by atoms with Gasteiger partial charge in [-0.25, -0.2) is 19.5 Å². The van der Waals surface area contributed by atoms with E-state index in [1.54, 1.807) is 10.5 Å². The number of hydrogen-bond donors (Lipinski definition) is 1. The van der Waals surface area contributed by atoms with E-state index in [0.29, 0.717) is 43.6 Å². The number of thiazole rings is 1. The number of nitrogens with one attached hydrogen (secondary N) is 1. The predicted molar refractivity (Wildman–Crippen MR) is 118 cm³/mol. The van der Waals surface area contributed by atoms with Crippen LogP contribution in [0.25, 0.3) is 22.0 Å². The van der Waals surface area contributed by atoms with Crippen molar-refractivity contribution in [2.45, 2.75) is 17.8 Å². The molecule has 0 spiro atoms. The van der Waals surface area contributed by atoms with Crippen molar-refractivity contribution >= 4 is 45.3 Å². The molecule has 0 unspecified atom stereocenters. The monoisotopic (exact) mass is 456 g/mol. The summed E-state index contributed by atoms with van der Waals surface area (Å²) in [6.07, 6.45) is 0. The zero-order valence-electron chi connectivity index (χ0n) is 15.5. The number of benzene rings is 1. The Morgan fingerprint density at radius 2 is 2.00 bits per heavy atom. The first-order chi connectivity index (χ1) is 14.5. The van der Waals surface area contributed by atoms with Gasteiger partial charge in [0.1, 0.15) is 0 Å². The molecule has 4 heterocycles. The van der Waals surface area contributed by atoms with Gasteiger partial charge < -0.3 is 0 Å². The van der Waals surface area contributed by atoms with Crippen LogP contribution in [0.4, 0.5) is 0 Å². The van der Waals surface area contributed by atoms with Gasteiger partial charge in [-0.15, -0.1) is 11.3 Å². The van der Waals surface area contributed by atoms with E-state index in [-0.39, 0.29) is 11.1 Å². The number of fused-ring (bicyclic) bond motifs is 2. The Morgan fingerprint density at radius 3 is 2.83 bits per heavy atom. The fourth-order valence-corrected chi connectivity index (χ4v) is 5.01. The highest BCUT2D eigenvalue weighted by Crippen LogP contribution is 2.28. The van der Waals surface area contributed by atoms with E-state index in [4.69, 9.17) is 11.6 Å². The van der Waals surface area contributed by atoms with Gasteiger partial charge in [0.2, 0.25) is 0 Å². The highest BCUT2D eigenvalue weighted by molar-refractivity contribution is 7.98.